The van der Waals surface area contributed by atoms with Gasteiger partial charge in [0.15, 0.2) is 6.29 Å². The average Bonchev–Trinajstić information content (AvgIpc) is 2.42. The molecule has 2 rings (SSSR count). The lowest BCUT2D eigenvalue weighted by Crippen LogP contribution is -1.96. The number of benzene rings is 2. The van der Waals surface area contributed by atoms with Crippen LogP contribution in [0.3, 0.4) is 0 Å². The first-order chi connectivity index (χ1) is 9.51. The number of halogens is 2. The summed E-state index contributed by atoms with van der Waals surface area (Å²) < 4.78 is 18.9. The van der Waals surface area contributed by atoms with Crippen LogP contribution in [-0.4, -0.2) is 11.2 Å². The van der Waals surface area contributed by atoms with E-state index >= 15 is 0 Å². The van der Waals surface area contributed by atoms with Crippen molar-refractivity contribution in [2.24, 2.45) is 0 Å². The van der Waals surface area contributed by atoms with Crippen LogP contribution in [0.5, 0.6) is 11.5 Å². The Morgan fingerprint density at radius 3 is 2.55 bits per heavy atom. The van der Waals surface area contributed by atoms with Crippen LogP contribution in [0.25, 0.3) is 0 Å². The smallest absolute Gasteiger partial charge is 0.312 e. The minimum absolute atomic E-state index is 0.0257. The maximum absolute atomic E-state index is 13.0. The van der Waals surface area contributed by atoms with Crippen molar-refractivity contribution in [3.05, 3.63) is 62.4 Å². The van der Waals surface area contributed by atoms with Gasteiger partial charge in [-0.15, -0.1) is 0 Å². The Kier molecular flexibility index (Phi) is 4.09. The summed E-state index contributed by atoms with van der Waals surface area (Å²) in [7, 11) is 0. The Balaban J connectivity index is 2.45. The van der Waals surface area contributed by atoms with Crippen LogP contribution in [0.2, 0.25) is 0 Å². The summed E-state index contributed by atoms with van der Waals surface area (Å²) in [6.45, 7) is 0. The monoisotopic (exact) mass is 339 g/mol. The maximum atomic E-state index is 13.0. The van der Waals surface area contributed by atoms with E-state index < -0.39 is 10.7 Å². The van der Waals surface area contributed by atoms with Crippen molar-refractivity contribution in [2.75, 3.05) is 0 Å². The Morgan fingerprint density at radius 2 is 1.90 bits per heavy atom. The molecule has 0 aliphatic carbocycles. The fraction of sp³-hybridized carbons (Fsp3) is 0. The van der Waals surface area contributed by atoms with Crippen molar-refractivity contribution in [1.82, 2.24) is 0 Å². The van der Waals surface area contributed by atoms with E-state index in [9.17, 15) is 19.3 Å². The highest BCUT2D eigenvalue weighted by atomic mass is 79.9. The number of hydrogen-bond donors (Lipinski definition) is 0. The maximum Gasteiger partial charge on any atom is 0.312 e. The summed E-state index contributed by atoms with van der Waals surface area (Å²) in [6, 6.07) is 7.57. The van der Waals surface area contributed by atoms with Crippen LogP contribution in [-0.2, 0) is 0 Å². The van der Waals surface area contributed by atoms with E-state index in [4.69, 9.17) is 4.74 Å². The molecule has 0 aliphatic heterocycles. The Hall–Kier alpha value is -2.28. The van der Waals surface area contributed by atoms with E-state index in [-0.39, 0.29) is 22.7 Å². The van der Waals surface area contributed by atoms with Gasteiger partial charge in [-0.3, -0.25) is 14.9 Å². The van der Waals surface area contributed by atoms with Crippen LogP contribution in [0, 0.1) is 15.9 Å². The van der Waals surface area contributed by atoms with Gasteiger partial charge in [0.25, 0.3) is 0 Å². The van der Waals surface area contributed by atoms with E-state index in [1.54, 1.807) is 6.07 Å². The van der Waals surface area contributed by atoms with E-state index in [1.165, 1.54) is 18.2 Å². The van der Waals surface area contributed by atoms with Crippen LogP contribution in [0.1, 0.15) is 10.4 Å². The van der Waals surface area contributed by atoms with Crippen molar-refractivity contribution in [3.63, 3.8) is 0 Å². The second-order valence-corrected chi connectivity index (χ2v) is 4.69. The van der Waals surface area contributed by atoms with E-state index in [2.05, 4.69) is 15.9 Å². The Morgan fingerprint density at radius 1 is 1.20 bits per heavy atom. The number of nitro benzene ring substituents is 1. The van der Waals surface area contributed by atoms with Crippen molar-refractivity contribution in [3.8, 4) is 11.5 Å². The van der Waals surface area contributed by atoms with Gasteiger partial charge >= 0.3 is 5.69 Å². The molecule has 0 heterocycles. The molecule has 0 amide bonds. The van der Waals surface area contributed by atoms with Crippen LogP contribution in [0.4, 0.5) is 10.1 Å². The van der Waals surface area contributed by atoms with Gasteiger partial charge in [-0.2, -0.15) is 0 Å². The molecular formula is C13H7BrFNO4. The van der Waals surface area contributed by atoms with Crippen molar-refractivity contribution < 1.29 is 18.8 Å². The Bertz CT molecular complexity index is 690. The molecule has 20 heavy (non-hydrogen) atoms. The van der Waals surface area contributed by atoms with Gasteiger partial charge in [-0.05, 0) is 30.3 Å². The molecule has 102 valence electrons. The number of carbonyl (C=O) groups is 1. The van der Waals surface area contributed by atoms with Crippen LogP contribution in [0.15, 0.2) is 40.9 Å². The fourth-order valence-corrected chi connectivity index (χ4v) is 1.89. The summed E-state index contributed by atoms with van der Waals surface area (Å²) in [4.78, 5) is 21.2. The topological polar surface area (TPSA) is 69.4 Å². The molecule has 0 N–H and O–H groups in total. The second kappa shape index (κ2) is 5.79. The number of nitro groups is 1. The van der Waals surface area contributed by atoms with Gasteiger partial charge < -0.3 is 4.74 Å². The van der Waals surface area contributed by atoms with Gasteiger partial charge in [0.2, 0.25) is 5.75 Å². The molecular weight excluding hydrogens is 333 g/mol. The van der Waals surface area contributed by atoms with E-state index in [0.717, 1.165) is 12.1 Å². The fourth-order valence-electron chi connectivity index (χ4n) is 1.54. The first kappa shape index (κ1) is 14.1. The largest absolute Gasteiger partial charge is 0.449 e. The van der Waals surface area contributed by atoms with Gasteiger partial charge in [0, 0.05) is 10.5 Å². The molecule has 0 unspecified atom stereocenters. The number of hydrogen-bond acceptors (Lipinski definition) is 4. The van der Waals surface area contributed by atoms with Crippen LogP contribution < -0.4 is 4.74 Å². The number of rotatable bonds is 4. The predicted molar refractivity (Wildman–Crippen MR) is 72.7 cm³/mol. The summed E-state index contributed by atoms with van der Waals surface area (Å²) in [6.07, 6.45) is 0.420. The highest BCUT2D eigenvalue weighted by Gasteiger charge is 2.17. The minimum atomic E-state index is -0.607. The van der Waals surface area contributed by atoms with E-state index in [1.807, 2.05) is 0 Å². The molecule has 0 radical (unpaired) electrons. The molecule has 0 aromatic heterocycles. The zero-order valence-corrected chi connectivity index (χ0v) is 11.5. The summed E-state index contributed by atoms with van der Waals surface area (Å²) in [5.74, 6) is -0.579. The van der Waals surface area contributed by atoms with Crippen molar-refractivity contribution in [1.29, 1.82) is 0 Å². The first-order valence-corrected chi connectivity index (χ1v) is 6.17. The van der Waals surface area contributed by atoms with Crippen molar-refractivity contribution >= 4 is 27.9 Å². The van der Waals surface area contributed by atoms with Crippen LogP contribution >= 0.6 is 15.9 Å². The number of nitrogens with zero attached hydrogens (tertiary/aromatic N) is 1. The molecule has 0 aliphatic rings. The average molecular weight is 340 g/mol. The highest BCUT2D eigenvalue weighted by Crippen LogP contribution is 2.34. The van der Waals surface area contributed by atoms with Crippen molar-refractivity contribution in [2.45, 2.75) is 0 Å². The Labute approximate surface area is 121 Å². The van der Waals surface area contributed by atoms with E-state index in [0.29, 0.717) is 10.8 Å². The zero-order valence-electron chi connectivity index (χ0n) is 9.88. The lowest BCUT2D eigenvalue weighted by atomic mass is 10.2. The summed E-state index contributed by atoms with van der Waals surface area (Å²) >= 11 is 3.12. The SMILES string of the molecule is O=Cc1cc(F)ccc1Oc1ccc(Br)cc1[N+](=O)[O-]. The third-order valence-electron chi connectivity index (χ3n) is 2.44. The molecule has 0 fully saturated rings. The number of ether oxygens (including phenoxy) is 1. The van der Waals surface area contributed by atoms with Gasteiger partial charge in [0.05, 0.1) is 10.5 Å². The quantitative estimate of drug-likeness (QED) is 0.477. The lowest BCUT2D eigenvalue weighted by molar-refractivity contribution is -0.385. The molecule has 0 atom stereocenters. The molecule has 0 spiro atoms. The third kappa shape index (κ3) is 3.00. The predicted octanol–water partition coefficient (Wildman–Crippen LogP) is 4.10. The molecule has 2 aromatic rings. The lowest BCUT2D eigenvalue weighted by Gasteiger charge is -2.08. The second-order valence-electron chi connectivity index (χ2n) is 3.77. The molecule has 0 bridgehead atoms. The molecule has 2 aromatic carbocycles. The van der Waals surface area contributed by atoms with Gasteiger partial charge in [-0.1, -0.05) is 15.9 Å². The molecule has 5 nitrogen and oxygen atoms in total. The first-order valence-electron chi connectivity index (χ1n) is 5.38. The molecule has 0 saturated carbocycles. The standard InChI is InChI=1S/C13H7BrFNO4/c14-9-1-3-13(11(6-9)16(18)19)20-12-4-2-10(15)5-8(12)7-17/h1-7H. The zero-order chi connectivity index (χ0) is 14.7. The normalized spacial score (nSPS) is 10.1. The number of carbonyl (C=O) groups excluding carboxylic acids is 1. The molecule has 7 heteroatoms. The minimum Gasteiger partial charge on any atom is -0.449 e. The summed E-state index contributed by atoms with van der Waals surface area (Å²) in [5, 5.41) is 10.9. The van der Waals surface area contributed by atoms with Gasteiger partial charge in [0.1, 0.15) is 11.6 Å². The third-order valence-corrected chi connectivity index (χ3v) is 2.93. The molecule has 0 saturated heterocycles. The number of aldehydes is 1. The highest BCUT2D eigenvalue weighted by molar-refractivity contribution is 9.10. The van der Waals surface area contributed by atoms with Gasteiger partial charge in [-0.25, -0.2) is 4.39 Å². The summed E-state index contributed by atoms with van der Waals surface area (Å²) in [5.41, 5.74) is -0.289.